The van der Waals surface area contributed by atoms with Crippen molar-refractivity contribution in [2.75, 3.05) is 6.54 Å². The lowest BCUT2D eigenvalue weighted by atomic mass is 9.84. The molecule has 0 radical (unpaired) electrons. The molecule has 0 spiro atoms. The van der Waals surface area contributed by atoms with Gasteiger partial charge in [0.15, 0.2) is 0 Å². The Morgan fingerprint density at radius 2 is 2.00 bits per heavy atom. The highest BCUT2D eigenvalue weighted by atomic mass is 19.1. The van der Waals surface area contributed by atoms with E-state index in [4.69, 9.17) is 0 Å². The second-order valence-corrected chi connectivity index (χ2v) is 8.01. The molecule has 2 aromatic rings. The molecule has 2 aliphatic rings. The van der Waals surface area contributed by atoms with Gasteiger partial charge < -0.3 is 15.6 Å². The Hall–Kier alpha value is -2.46. The van der Waals surface area contributed by atoms with Crippen molar-refractivity contribution in [3.8, 4) is 6.07 Å². The summed E-state index contributed by atoms with van der Waals surface area (Å²) < 4.78 is 27.3. The van der Waals surface area contributed by atoms with E-state index in [9.17, 15) is 18.8 Å². The maximum atomic E-state index is 13.9. The fourth-order valence-corrected chi connectivity index (χ4v) is 4.20. The van der Waals surface area contributed by atoms with E-state index in [1.54, 1.807) is 0 Å². The smallest absolute Gasteiger partial charge is 0.267 e. The number of benzene rings is 1. The summed E-state index contributed by atoms with van der Waals surface area (Å²) in [4.78, 5) is 15.5. The number of aromatic amines is 1. The summed E-state index contributed by atoms with van der Waals surface area (Å²) >= 11 is 0. The summed E-state index contributed by atoms with van der Waals surface area (Å²) in [6, 6.07) is 5.65. The van der Waals surface area contributed by atoms with Gasteiger partial charge in [0.25, 0.3) is 5.91 Å². The Morgan fingerprint density at radius 3 is 2.75 bits per heavy atom. The minimum Gasteiger partial charge on any atom is -0.350 e. The molecule has 0 bridgehead atoms. The quantitative estimate of drug-likeness (QED) is 0.709. The van der Waals surface area contributed by atoms with Crippen molar-refractivity contribution >= 4 is 16.8 Å². The minimum absolute atomic E-state index is 0.000270. The van der Waals surface area contributed by atoms with Gasteiger partial charge in [-0.3, -0.25) is 4.79 Å². The summed E-state index contributed by atoms with van der Waals surface area (Å²) in [5.74, 6) is -0.964. The molecule has 1 heterocycles. The molecule has 0 saturated heterocycles. The molecule has 1 aromatic carbocycles. The van der Waals surface area contributed by atoms with Crippen LogP contribution < -0.4 is 10.6 Å². The van der Waals surface area contributed by atoms with Crippen LogP contribution >= 0.6 is 0 Å². The number of carbonyl (C=O) groups excluding carboxylic acids is 1. The van der Waals surface area contributed by atoms with E-state index in [1.807, 2.05) is 0 Å². The monoisotopic (exact) mass is 386 g/mol. The molecule has 3 N–H and O–H groups in total. The highest BCUT2D eigenvalue weighted by molar-refractivity contribution is 5.98. The van der Waals surface area contributed by atoms with Gasteiger partial charge in [-0.05, 0) is 49.7 Å². The van der Waals surface area contributed by atoms with E-state index in [0.717, 1.165) is 44.6 Å². The zero-order valence-corrected chi connectivity index (χ0v) is 15.6. The van der Waals surface area contributed by atoms with Crippen molar-refractivity contribution < 1.29 is 13.6 Å². The first-order valence-electron chi connectivity index (χ1n) is 9.97. The SMILES string of the molecule is N#CC(NC[C@H]1CCCC[C@@H]1NC(=O)c1cc2c(F)cc(F)cc2[nH]1)C1CC1. The van der Waals surface area contributed by atoms with Crippen LogP contribution in [0.25, 0.3) is 10.9 Å². The number of carbonyl (C=O) groups is 1. The lowest BCUT2D eigenvalue weighted by Crippen LogP contribution is -2.47. The Bertz CT molecular complexity index is 915. The summed E-state index contributed by atoms with van der Waals surface area (Å²) in [6.45, 7) is 0.701. The Morgan fingerprint density at radius 1 is 1.21 bits per heavy atom. The van der Waals surface area contributed by atoms with Gasteiger partial charge in [-0.25, -0.2) is 8.78 Å². The molecule has 5 nitrogen and oxygen atoms in total. The molecule has 148 valence electrons. The van der Waals surface area contributed by atoms with Gasteiger partial charge in [-0.1, -0.05) is 12.8 Å². The van der Waals surface area contributed by atoms with Crippen LogP contribution in [0.1, 0.15) is 49.0 Å². The lowest BCUT2D eigenvalue weighted by Gasteiger charge is -2.33. The normalized spacial score (nSPS) is 23.3. The van der Waals surface area contributed by atoms with E-state index >= 15 is 0 Å². The van der Waals surface area contributed by atoms with Crippen LogP contribution in [0, 0.1) is 34.8 Å². The molecule has 1 unspecified atom stereocenters. The van der Waals surface area contributed by atoms with Crippen LogP contribution in [0.15, 0.2) is 18.2 Å². The zero-order valence-electron chi connectivity index (χ0n) is 15.6. The van der Waals surface area contributed by atoms with Gasteiger partial charge in [0, 0.05) is 24.0 Å². The molecule has 28 heavy (non-hydrogen) atoms. The average Bonchev–Trinajstić information content (AvgIpc) is 3.41. The maximum absolute atomic E-state index is 13.9. The molecule has 7 heteroatoms. The molecule has 2 saturated carbocycles. The third-order valence-electron chi connectivity index (χ3n) is 5.95. The lowest BCUT2D eigenvalue weighted by molar-refractivity contribution is 0.0900. The highest BCUT2D eigenvalue weighted by Crippen LogP contribution is 2.33. The topological polar surface area (TPSA) is 80.7 Å². The number of nitriles is 1. The second kappa shape index (κ2) is 7.88. The number of hydrogen-bond donors (Lipinski definition) is 3. The summed E-state index contributed by atoms with van der Waals surface area (Å²) in [5, 5.41) is 15.9. The molecule has 1 amide bonds. The number of fused-ring (bicyclic) bond motifs is 1. The van der Waals surface area contributed by atoms with Gasteiger partial charge in [0.2, 0.25) is 0 Å². The number of nitrogens with zero attached hydrogens (tertiary/aromatic N) is 1. The minimum atomic E-state index is -0.687. The van der Waals surface area contributed by atoms with Crippen molar-refractivity contribution in [3.63, 3.8) is 0 Å². The zero-order chi connectivity index (χ0) is 19.7. The van der Waals surface area contributed by atoms with Crippen molar-refractivity contribution in [2.45, 2.75) is 50.6 Å². The largest absolute Gasteiger partial charge is 0.350 e. The molecule has 3 atom stereocenters. The van der Waals surface area contributed by atoms with Gasteiger partial charge in [-0.15, -0.1) is 0 Å². The average molecular weight is 386 g/mol. The summed E-state index contributed by atoms with van der Waals surface area (Å²) in [7, 11) is 0. The van der Waals surface area contributed by atoms with E-state index in [0.29, 0.717) is 12.5 Å². The second-order valence-electron chi connectivity index (χ2n) is 8.01. The molecule has 4 rings (SSSR count). The predicted octanol–water partition coefficient (Wildman–Crippen LogP) is 3.63. The van der Waals surface area contributed by atoms with Gasteiger partial charge >= 0.3 is 0 Å². The Labute approximate surface area is 162 Å². The fourth-order valence-electron chi connectivity index (χ4n) is 4.20. The van der Waals surface area contributed by atoms with Crippen molar-refractivity contribution in [3.05, 3.63) is 35.5 Å². The van der Waals surface area contributed by atoms with E-state index in [1.165, 1.54) is 12.1 Å². The van der Waals surface area contributed by atoms with Crippen LogP contribution in [0.3, 0.4) is 0 Å². The number of H-pyrrole nitrogens is 1. The first-order valence-corrected chi connectivity index (χ1v) is 9.97. The highest BCUT2D eigenvalue weighted by Gasteiger charge is 2.33. The number of hydrogen-bond acceptors (Lipinski definition) is 3. The van der Waals surface area contributed by atoms with Crippen LogP contribution in [0.2, 0.25) is 0 Å². The molecule has 0 aliphatic heterocycles. The third-order valence-corrected chi connectivity index (χ3v) is 5.95. The molecule has 1 aromatic heterocycles. The fraction of sp³-hybridized carbons (Fsp3) is 0.524. The van der Waals surface area contributed by atoms with Gasteiger partial charge in [-0.2, -0.15) is 5.26 Å². The van der Waals surface area contributed by atoms with Crippen molar-refractivity contribution in [1.82, 2.24) is 15.6 Å². The van der Waals surface area contributed by atoms with Crippen LogP contribution in [-0.2, 0) is 0 Å². The molecular formula is C21H24F2N4O. The number of aromatic nitrogens is 1. The van der Waals surface area contributed by atoms with Crippen LogP contribution in [0.4, 0.5) is 8.78 Å². The van der Waals surface area contributed by atoms with E-state index in [2.05, 4.69) is 21.7 Å². The Balaban J connectivity index is 1.43. The molecular weight excluding hydrogens is 362 g/mol. The first-order chi connectivity index (χ1) is 13.5. The van der Waals surface area contributed by atoms with Crippen LogP contribution in [-0.4, -0.2) is 29.5 Å². The summed E-state index contributed by atoms with van der Waals surface area (Å²) in [5.41, 5.74) is 0.496. The predicted molar refractivity (Wildman–Crippen MR) is 102 cm³/mol. The van der Waals surface area contributed by atoms with Crippen LogP contribution in [0.5, 0.6) is 0 Å². The first kappa shape index (κ1) is 18.9. The Kier molecular flexibility index (Phi) is 5.31. The van der Waals surface area contributed by atoms with Gasteiger partial charge in [0.05, 0.1) is 17.6 Å². The third kappa shape index (κ3) is 4.02. The summed E-state index contributed by atoms with van der Waals surface area (Å²) in [6.07, 6.45) is 6.23. The maximum Gasteiger partial charge on any atom is 0.267 e. The number of rotatable bonds is 6. The number of amides is 1. The molecule has 2 fully saturated rings. The van der Waals surface area contributed by atoms with Gasteiger partial charge in [0.1, 0.15) is 17.3 Å². The van der Waals surface area contributed by atoms with Crippen molar-refractivity contribution in [1.29, 1.82) is 5.26 Å². The number of nitrogens with one attached hydrogen (secondary N) is 3. The molecule has 2 aliphatic carbocycles. The standard InChI is InChI=1S/C21H24F2N4O/c22-14-7-16(23)15-9-19(26-18(15)8-14)21(28)27-17-4-2-1-3-13(17)11-25-20(10-24)12-5-6-12/h7-9,12-13,17,20,25-26H,1-6,11H2,(H,27,28)/t13-,17+,20?/m1/s1. The van der Waals surface area contributed by atoms with E-state index < -0.39 is 11.6 Å². The number of halogens is 2. The van der Waals surface area contributed by atoms with E-state index in [-0.39, 0.29) is 40.5 Å². The van der Waals surface area contributed by atoms with Crippen molar-refractivity contribution in [2.24, 2.45) is 11.8 Å².